The van der Waals surface area contributed by atoms with E-state index >= 15 is 0 Å². The van der Waals surface area contributed by atoms with Gasteiger partial charge in [0.25, 0.3) is 0 Å². The highest BCUT2D eigenvalue weighted by Gasteiger charge is 2.37. The monoisotopic (exact) mass is 745 g/mol. The molecule has 0 amide bonds. The molecule has 1 aliphatic carbocycles. The molecule has 9 aromatic carbocycles. The van der Waals surface area contributed by atoms with E-state index in [0.29, 0.717) is 0 Å². The lowest BCUT2D eigenvalue weighted by molar-refractivity contribution is 0.662. The number of hydrogen-bond donors (Lipinski definition) is 0. The molecule has 1 nitrogen and oxygen atoms in total. The summed E-state index contributed by atoms with van der Waals surface area (Å²) in [6, 6.07) is 73.7. The molecule has 1 aromatic heterocycles. The van der Waals surface area contributed by atoms with Crippen LogP contribution in [-0.4, -0.2) is 0 Å². The van der Waals surface area contributed by atoms with Crippen LogP contribution in [0.2, 0.25) is 0 Å². The van der Waals surface area contributed by atoms with Crippen LogP contribution in [0.15, 0.2) is 200 Å². The number of thiophene rings is 1. The van der Waals surface area contributed by atoms with E-state index in [4.69, 9.17) is 0 Å². The van der Waals surface area contributed by atoms with Crippen molar-refractivity contribution in [3.63, 3.8) is 0 Å². The van der Waals surface area contributed by atoms with E-state index in [0.717, 1.165) is 11.4 Å². The molecule has 1 heterocycles. The molecule has 0 saturated heterocycles. The number of nitrogens with zero attached hydrogens (tertiary/aromatic N) is 1. The van der Waals surface area contributed by atoms with Crippen molar-refractivity contribution in [3.8, 4) is 44.5 Å². The summed E-state index contributed by atoms with van der Waals surface area (Å²) in [5.74, 6) is 0. The maximum Gasteiger partial charge on any atom is 0.0640 e. The summed E-state index contributed by atoms with van der Waals surface area (Å²) in [5.41, 5.74) is 16.3. The van der Waals surface area contributed by atoms with E-state index in [1.165, 1.54) is 92.3 Å². The van der Waals surface area contributed by atoms with E-state index in [-0.39, 0.29) is 5.41 Å². The number of hydrogen-bond acceptors (Lipinski definition) is 2. The van der Waals surface area contributed by atoms with E-state index < -0.39 is 0 Å². The summed E-state index contributed by atoms with van der Waals surface area (Å²) >= 11 is 1.87. The lowest BCUT2D eigenvalue weighted by Gasteiger charge is -2.27. The highest BCUT2D eigenvalue weighted by atomic mass is 32.1. The molecule has 2 heteroatoms. The molecular formula is C55H39NS. The van der Waals surface area contributed by atoms with Gasteiger partial charge in [0.05, 0.1) is 10.4 Å². The Hall–Kier alpha value is -6.74. The normalized spacial score (nSPS) is 12.9. The molecule has 0 unspecified atom stereocenters. The first kappa shape index (κ1) is 33.6. The second-order valence-corrected chi connectivity index (χ2v) is 16.7. The summed E-state index contributed by atoms with van der Waals surface area (Å²) in [4.78, 5) is 2.44. The number of anilines is 3. The minimum absolute atomic E-state index is 0.0831. The zero-order valence-electron chi connectivity index (χ0n) is 31.9. The Balaban J connectivity index is 1.01. The summed E-state index contributed by atoms with van der Waals surface area (Å²) < 4.78 is 2.59. The minimum Gasteiger partial charge on any atom is -0.309 e. The number of benzene rings is 9. The van der Waals surface area contributed by atoms with Gasteiger partial charge < -0.3 is 4.90 Å². The summed E-state index contributed by atoms with van der Waals surface area (Å²) in [6.07, 6.45) is 0. The van der Waals surface area contributed by atoms with Gasteiger partial charge in [0.2, 0.25) is 0 Å². The Morgan fingerprint density at radius 3 is 1.82 bits per heavy atom. The van der Waals surface area contributed by atoms with E-state index in [1.807, 2.05) is 11.3 Å². The van der Waals surface area contributed by atoms with Gasteiger partial charge >= 0.3 is 0 Å². The van der Waals surface area contributed by atoms with Crippen molar-refractivity contribution in [2.75, 3.05) is 4.90 Å². The largest absolute Gasteiger partial charge is 0.309 e. The molecule has 0 fully saturated rings. The molecule has 270 valence electrons. The molecule has 0 radical (unpaired) electrons. The van der Waals surface area contributed by atoms with Crippen LogP contribution in [0.4, 0.5) is 17.1 Å². The first-order valence-corrected chi connectivity index (χ1v) is 20.6. The third kappa shape index (κ3) is 5.44. The first-order chi connectivity index (χ1) is 28.0. The average molecular weight is 746 g/mol. The highest BCUT2D eigenvalue weighted by Crippen LogP contribution is 2.52. The van der Waals surface area contributed by atoms with Gasteiger partial charge in [0.1, 0.15) is 0 Å². The van der Waals surface area contributed by atoms with Crippen LogP contribution in [0, 0.1) is 0 Å². The molecule has 57 heavy (non-hydrogen) atoms. The Labute approximate surface area is 337 Å². The lowest BCUT2D eigenvalue weighted by atomic mass is 9.79. The van der Waals surface area contributed by atoms with Crippen molar-refractivity contribution >= 4 is 59.3 Å². The second kappa shape index (κ2) is 13.2. The van der Waals surface area contributed by atoms with Crippen LogP contribution in [0.5, 0.6) is 0 Å². The molecule has 0 atom stereocenters. The highest BCUT2D eigenvalue weighted by molar-refractivity contribution is 7.26. The predicted molar refractivity (Wildman–Crippen MR) is 245 cm³/mol. The van der Waals surface area contributed by atoms with Gasteiger partial charge in [-0.2, -0.15) is 0 Å². The van der Waals surface area contributed by atoms with Crippen molar-refractivity contribution in [3.05, 3.63) is 211 Å². The molecule has 0 aliphatic heterocycles. The summed E-state index contributed by atoms with van der Waals surface area (Å²) in [5, 5.41) is 5.12. The molecule has 1 aliphatic rings. The van der Waals surface area contributed by atoms with E-state index in [2.05, 4.69) is 219 Å². The number of fused-ring (bicyclic) bond motifs is 7. The zero-order valence-corrected chi connectivity index (χ0v) is 32.7. The van der Waals surface area contributed by atoms with Crippen LogP contribution in [0.3, 0.4) is 0 Å². The van der Waals surface area contributed by atoms with Gasteiger partial charge in [-0.3, -0.25) is 0 Å². The van der Waals surface area contributed by atoms with Crippen LogP contribution in [-0.2, 0) is 5.41 Å². The smallest absolute Gasteiger partial charge is 0.0640 e. The third-order valence-corrected chi connectivity index (χ3v) is 13.3. The zero-order chi connectivity index (χ0) is 38.1. The Morgan fingerprint density at radius 1 is 0.404 bits per heavy atom. The second-order valence-electron chi connectivity index (χ2n) is 15.7. The molecule has 0 bridgehead atoms. The fourth-order valence-corrected chi connectivity index (χ4v) is 10.6. The van der Waals surface area contributed by atoms with Crippen molar-refractivity contribution in [2.24, 2.45) is 0 Å². The molecule has 0 saturated carbocycles. The van der Waals surface area contributed by atoms with Gasteiger partial charge in [0.15, 0.2) is 0 Å². The Kier molecular flexibility index (Phi) is 7.77. The summed E-state index contributed by atoms with van der Waals surface area (Å²) in [6.45, 7) is 4.74. The van der Waals surface area contributed by atoms with Crippen molar-refractivity contribution in [2.45, 2.75) is 19.3 Å². The van der Waals surface area contributed by atoms with Gasteiger partial charge in [-0.1, -0.05) is 172 Å². The fourth-order valence-electron chi connectivity index (χ4n) is 9.36. The topological polar surface area (TPSA) is 3.24 Å². The van der Waals surface area contributed by atoms with Crippen molar-refractivity contribution in [1.82, 2.24) is 0 Å². The molecule has 11 rings (SSSR count). The maximum atomic E-state index is 2.44. The van der Waals surface area contributed by atoms with Crippen LogP contribution < -0.4 is 4.90 Å². The molecular weight excluding hydrogens is 707 g/mol. The SMILES string of the molecule is CC1(C)c2ccccc2-c2cccc(-c3ccc(N(c4ccc(-c5cccc(-c6cccc7ccccc67)c5)cc4)c4cccc5c4sc4ccccc45)cc3)c21. The third-order valence-electron chi connectivity index (χ3n) is 12.1. The Bertz CT molecular complexity index is 3140. The van der Waals surface area contributed by atoms with Crippen molar-refractivity contribution in [1.29, 1.82) is 0 Å². The predicted octanol–water partition coefficient (Wildman–Crippen LogP) is 16.0. The van der Waals surface area contributed by atoms with Crippen molar-refractivity contribution < 1.29 is 0 Å². The fraction of sp³-hybridized carbons (Fsp3) is 0.0545. The minimum atomic E-state index is -0.0831. The van der Waals surface area contributed by atoms with Gasteiger partial charge in [-0.15, -0.1) is 11.3 Å². The van der Waals surface area contributed by atoms with Gasteiger partial charge in [-0.05, 0) is 109 Å². The lowest BCUT2D eigenvalue weighted by Crippen LogP contribution is -2.16. The van der Waals surface area contributed by atoms with Gasteiger partial charge in [0, 0.05) is 32.3 Å². The molecule has 0 N–H and O–H groups in total. The first-order valence-electron chi connectivity index (χ1n) is 19.8. The van der Waals surface area contributed by atoms with Crippen LogP contribution >= 0.6 is 11.3 Å². The van der Waals surface area contributed by atoms with E-state index in [9.17, 15) is 0 Å². The van der Waals surface area contributed by atoms with Crippen LogP contribution in [0.1, 0.15) is 25.0 Å². The van der Waals surface area contributed by atoms with E-state index in [1.54, 1.807) is 0 Å². The molecule has 0 spiro atoms. The summed E-state index contributed by atoms with van der Waals surface area (Å²) in [7, 11) is 0. The standard InChI is InChI=1S/C55H39NS/c1-55(2)50-24-7-5-18-46(50)48-22-11-21-45(53(48)55)38-29-33-42(34-30-38)56(51-25-12-23-49-47-19-6-8-26-52(47)57-54(49)51)41-31-27-36(28-32-41)39-15-9-16-40(35-39)44-20-10-14-37-13-3-4-17-43(37)44/h3-35H,1-2H3. The number of rotatable bonds is 6. The quantitative estimate of drug-likeness (QED) is 0.164. The van der Waals surface area contributed by atoms with Gasteiger partial charge in [-0.25, -0.2) is 0 Å². The van der Waals surface area contributed by atoms with Crippen LogP contribution in [0.25, 0.3) is 75.5 Å². The Morgan fingerprint density at radius 2 is 0.982 bits per heavy atom. The average Bonchev–Trinajstić information content (AvgIpc) is 3.77. The molecule has 10 aromatic rings. The maximum absolute atomic E-state index is 2.44.